The fourth-order valence-corrected chi connectivity index (χ4v) is 2.71. The first-order chi connectivity index (χ1) is 10.7. The molecule has 1 aromatic rings. The molecule has 8 heteroatoms. The van der Waals surface area contributed by atoms with Gasteiger partial charge >= 0.3 is 5.97 Å². The molecule has 0 spiro atoms. The van der Waals surface area contributed by atoms with Gasteiger partial charge in [-0.1, -0.05) is 12.1 Å². The van der Waals surface area contributed by atoms with Crippen LogP contribution in [0.1, 0.15) is 25.3 Å². The van der Waals surface area contributed by atoms with Crippen LogP contribution in [0.15, 0.2) is 46.9 Å². The number of rotatable bonds is 4. The fraction of sp³-hybridized carbons (Fsp3) is 0.200. The minimum Gasteiger partial charge on any atom is -0.478 e. The van der Waals surface area contributed by atoms with E-state index in [4.69, 9.17) is 5.73 Å². The van der Waals surface area contributed by atoms with E-state index in [0.29, 0.717) is 11.3 Å². The second kappa shape index (κ2) is 5.91. The number of aliphatic carboxylic acids is 1. The van der Waals surface area contributed by atoms with Crippen LogP contribution < -0.4 is 11.1 Å². The molecule has 2 rings (SSSR count). The van der Waals surface area contributed by atoms with Crippen molar-refractivity contribution >= 4 is 17.4 Å². The lowest BCUT2D eigenvalue weighted by molar-refractivity contribution is -0.384. The normalized spacial score (nSPS) is 17.7. The summed E-state index contributed by atoms with van der Waals surface area (Å²) in [5, 5.41) is 23.1. The molecule has 1 heterocycles. The first-order valence-electron chi connectivity index (χ1n) is 6.70. The van der Waals surface area contributed by atoms with E-state index < -0.39 is 16.8 Å². The number of benzene rings is 1. The lowest BCUT2D eigenvalue weighted by atomic mass is 9.80. The number of carboxylic acid groups (broad SMARTS) is 1. The molecule has 0 saturated carbocycles. The van der Waals surface area contributed by atoms with Crippen molar-refractivity contribution in [2.75, 3.05) is 0 Å². The van der Waals surface area contributed by atoms with Crippen molar-refractivity contribution in [2.24, 2.45) is 5.73 Å². The van der Waals surface area contributed by atoms with E-state index in [9.17, 15) is 24.8 Å². The minimum atomic E-state index is -1.29. The molecule has 4 N–H and O–H groups in total. The van der Waals surface area contributed by atoms with Crippen LogP contribution in [0.25, 0.3) is 0 Å². The number of hydrogen-bond acceptors (Lipinski definition) is 6. The molecular weight excluding hydrogens is 302 g/mol. The smallest absolute Gasteiger partial charge is 0.336 e. The molecule has 1 aromatic carbocycles. The molecule has 23 heavy (non-hydrogen) atoms. The van der Waals surface area contributed by atoms with Crippen molar-refractivity contribution < 1.29 is 19.6 Å². The van der Waals surface area contributed by atoms with Gasteiger partial charge in [0.15, 0.2) is 5.78 Å². The van der Waals surface area contributed by atoms with Crippen molar-refractivity contribution in [2.45, 2.75) is 19.8 Å². The van der Waals surface area contributed by atoms with Gasteiger partial charge in [-0.15, -0.1) is 0 Å². The number of carbonyl (C=O) groups excluding carboxylic acids is 1. The third-order valence-corrected chi connectivity index (χ3v) is 3.62. The molecule has 1 aliphatic heterocycles. The Hall–Kier alpha value is -3.16. The predicted molar refractivity (Wildman–Crippen MR) is 81.2 cm³/mol. The number of nitrogens with zero attached hydrogens (tertiary/aromatic N) is 1. The third-order valence-electron chi connectivity index (χ3n) is 3.62. The molecule has 1 unspecified atom stereocenters. The second-order valence-corrected chi connectivity index (χ2v) is 5.14. The SMILES string of the molecule is CC(=O)C1=C(C)NC(N)=C(C(=O)O)C1c1cccc([N+](=O)[O-])c1. The van der Waals surface area contributed by atoms with Gasteiger partial charge in [0, 0.05) is 23.4 Å². The van der Waals surface area contributed by atoms with E-state index in [1.165, 1.54) is 31.2 Å². The van der Waals surface area contributed by atoms with Gasteiger partial charge in [0.1, 0.15) is 5.82 Å². The zero-order valence-corrected chi connectivity index (χ0v) is 12.5. The number of allylic oxidation sites excluding steroid dienone is 2. The predicted octanol–water partition coefficient (Wildman–Crippen LogP) is 1.40. The Labute approximate surface area is 131 Å². The maximum Gasteiger partial charge on any atom is 0.336 e. The summed E-state index contributed by atoms with van der Waals surface area (Å²) >= 11 is 0. The molecule has 0 radical (unpaired) electrons. The number of nitro groups is 1. The fourth-order valence-electron chi connectivity index (χ4n) is 2.71. The number of nitrogens with one attached hydrogen (secondary N) is 1. The number of nitrogens with two attached hydrogens (primary N) is 1. The Morgan fingerprint density at radius 1 is 1.35 bits per heavy atom. The van der Waals surface area contributed by atoms with Crippen LogP contribution >= 0.6 is 0 Å². The highest BCUT2D eigenvalue weighted by atomic mass is 16.6. The summed E-state index contributed by atoms with van der Waals surface area (Å²) < 4.78 is 0. The molecule has 1 aliphatic rings. The van der Waals surface area contributed by atoms with Gasteiger partial charge in [0.05, 0.1) is 16.4 Å². The third kappa shape index (κ3) is 2.91. The highest BCUT2D eigenvalue weighted by molar-refractivity contribution is 6.01. The summed E-state index contributed by atoms with van der Waals surface area (Å²) in [6.45, 7) is 2.92. The topological polar surface area (TPSA) is 136 Å². The van der Waals surface area contributed by atoms with Crippen LogP contribution in [0.4, 0.5) is 5.69 Å². The summed E-state index contributed by atoms with van der Waals surface area (Å²) in [5.41, 5.74) is 6.34. The van der Waals surface area contributed by atoms with Crippen LogP contribution in [-0.2, 0) is 9.59 Å². The molecule has 1 atom stereocenters. The maximum absolute atomic E-state index is 12.0. The minimum absolute atomic E-state index is 0.0866. The van der Waals surface area contributed by atoms with Crippen molar-refractivity contribution in [3.8, 4) is 0 Å². The van der Waals surface area contributed by atoms with E-state index in [1.807, 2.05) is 0 Å². The average molecular weight is 317 g/mol. The van der Waals surface area contributed by atoms with Crippen LogP contribution in [0.2, 0.25) is 0 Å². The number of nitro benzene ring substituents is 1. The Bertz CT molecular complexity index is 743. The van der Waals surface area contributed by atoms with Gasteiger partial charge in [-0.2, -0.15) is 0 Å². The largest absolute Gasteiger partial charge is 0.478 e. The second-order valence-electron chi connectivity index (χ2n) is 5.14. The summed E-state index contributed by atoms with van der Waals surface area (Å²) in [5.74, 6) is -2.68. The zero-order valence-electron chi connectivity index (χ0n) is 12.5. The van der Waals surface area contributed by atoms with Crippen molar-refractivity contribution in [3.63, 3.8) is 0 Å². The lowest BCUT2D eigenvalue weighted by Crippen LogP contribution is -2.34. The molecule has 8 nitrogen and oxygen atoms in total. The van der Waals surface area contributed by atoms with Crippen molar-refractivity contribution in [1.29, 1.82) is 0 Å². The molecule has 0 bridgehead atoms. The van der Waals surface area contributed by atoms with Gasteiger partial charge < -0.3 is 16.2 Å². The molecule has 0 aromatic heterocycles. The number of carboxylic acids is 1. The summed E-state index contributed by atoms with van der Waals surface area (Å²) in [7, 11) is 0. The van der Waals surface area contributed by atoms with Crippen LogP contribution in [0.3, 0.4) is 0 Å². The number of carbonyl (C=O) groups is 2. The highest BCUT2D eigenvalue weighted by Gasteiger charge is 2.36. The first-order valence-corrected chi connectivity index (χ1v) is 6.70. The number of ketones is 1. The number of Topliss-reactive ketones (excluding diaryl/α,β-unsaturated/α-hetero) is 1. The monoisotopic (exact) mass is 317 g/mol. The van der Waals surface area contributed by atoms with Crippen LogP contribution in [0.5, 0.6) is 0 Å². The van der Waals surface area contributed by atoms with E-state index >= 15 is 0 Å². The lowest BCUT2D eigenvalue weighted by Gasteiger charge is -2.29. The first kappa shape index (κ1) is 16.2. The van der Waals surface area contributed by atoms with E-state index in [1.54, 1.807) is 6.92 Å². The summed E-state index contributed by atoms with van der Waals surface area (Å²) in [4.78, 5) is 34.0. The van der Waals surface area contributed by atoms with Gasteiger partial charge in [-0.25, -0.2) is 4.79 Å². The Balaban J connectivity index is 2.72. The van der Waals surface area contributed by atoms with E-state index in [0.717, 1.165) is 0 Å². The van der Waals surface area contributed by atoms with E-state index in [-0.39, 0.29) is 28.4 Å². The molecule has 0 amide bonds. The van der Waals surface area contributed by atoms with Crippen LogP contribution in [0, 0.1) is 10.1 Å². The van der Waals surface area contributed by atoms with Gasteiger partial charge in [0.2, 0.25) is 0 Å². The summed E-state index contributed by atoms with van der Waals surface area (Å²) in [6.07, 6.45) is 0. The maximum atomic E-state index is 12.0. The molecule has 120 valence electrons. The molecular formula is C15H15N3O5. The number of hydrogen-bond donors (Lipinski definition) is 3. The van der Waals surface area contributed by atoms with Gasteiger partial charge in [-0.3, -0.25) is 14.9 Å². The van der Waals surface area contributed by atoms with Crippen LogP contribution in [-0.4, -0.2) is 21.8 Å². The molecule has 0 aliphatic carbocycles. The Kier molecular flexibility index (Phi) is 4.17. The average Bonchev–Trinajstić information content (AvgIpc) is 2.45. The number of non-ortho nitro benzene ring substituents is 1. The number of dihydropyridines is 1. The van der Waals surface area contributed by atoms with Crippen molar-refractivity contribution in [3.05, 3.63) is 62.6 Å². The highest BCUT2D eigenvalue weighted by Crippen LogP contribution is 2.38. The zero-order chi connectivity index (χ0) is 17.3. The van der Waals surface area contributed by atoms with Crippen molar-refractivity contribution in [1.82, 2.24) is 5.32 Å². The van der Waals surface area contributed by atoms with Gasteiger partial charge in [0.25, 0.3) is 5.69 Å². The Morgan fingerprint density at radius 3 is 2.52 bits per heavy atom. The summed E-state index contributed by atoms with van der Waals surface area (Å²) in [6, 6.07) is 5.53. The standard InChI is InChI=1S/C15H15N3O5/c1-7-11(8(2)19)12(13(15(20)21)14(16)17-7)9-4-3-5-10(6-9)18(22)23/h3-6,12,17H,16H2,1-2H3,(H,20,21). The quantitative estimate of drug-likeness (QED) is 0.564. The van der Waals surface area contributed by atoms with Gasteiger partial charge in [-0.05, 0) is 19.4 Å². The molecule has 0 fully saturated rings. The van der Waals surface area contributed by atoms with E-state index in [2.05, 4.69) is 5.32 Å². The molecule has 0 saturated heterocycles. The Morgan fingerprint density at radius 2 is 2.00 bits per heavy atom.